The molecule has 0 bridgehead atoms. The molecule has 1 heterocycles. The molecule has 0 aliphatic rings. The van der Waals surface area contributed by atoms with E-state index in [1.165, 1.54) is 7.11 Å². The van der Waals surface area contributed by atoms with Crippen LogP contribution in [0.2, 0.25) is 5.02 Å². The number of anilines is 1. The van der Waals surface area contributed by atoms with Gasteiger partial charge in [0.05, 0.1) is 25.3 Å². The van der Waals surface area contributed by atoms with Gasteiger partial charge in [0.1, 0.15) is 6.04 Å². The number of carbonyl (C=O) groups is 1. The molecule has 1 unspecified atom stereocenters. The van der Waals surface area contributed by atoms with Gasteiger partial charge in [0.2, 0.25) is 0 Å². The summed E-state index contributed by atoms with van der Waals surface area (Å²) in [5, 5.41) is 4.43. The number of hydrogen-bond donors (Lipinski definition) is 1. The smallest absolute Gasteiger partial charge is 0.406 e. The molecule has 11 heteroatoms. The Balaban J connectivity index is 1.87. The summed E-state index contributed by atoms with van der Waals surface area (Å²) in [6.45, 7) is 11.9. The van der Waals surface area contributed by atoms with Crippen molar-refractivity contribution >= 4 is 41.9 Å². The van der Waals surface area contributed by atoms with Crippen LogP contribution >= 0.6 is 19.3 Å². The lowest BCUT2D eigenvalue weighted by atomic mass is 10.1. The Bertz CT molecular complexity index is 1060. The zero-order valence-electron chi connectivity index (χ0n) is 23.1. The van der Waals surface area contributed by atoms with Crippen LogP contribution in [0.25, 0.3) is 10.9 Å². The first-order valence-corrected chi connectivity index (χ1v) is 14.7. The van der Waals surface area contributed by atoms with E-state index in [4.69, 9.17) is 25.4 Å². The third-order valence-corrected chi connectivity index (χ3v) is 8.35. The molecule has 2 rings (SSSR count). The Morgan fingerprint density at radius 3 is 2.57 bits per heavy atom. The molecule has 1 N–H and O–H groups in total. The average molecular weight is 557 g/mol. The summed E-state index contributed by atoms with van der Waals surface area (Å²) in [5.41, 5.74) is 2.01. The van der Waals surface area contributed by atoms with Crippen molar-refractivity contribution in [1.82, 2.24) is 15.0 Å². The summed E-state index contributed by atoms with van der Waals surface area (Å²) in [6.07, 6.45) is 3.47. The third-order valence-electron chi connectivity index (χ3n) is 6.19. The lowest BCUT2D eigenvalue weighted by molar-refractivity contribution is -0.142. The normalized spacial score (nSPS) is 15.1. The van der Waals surface area contributed by atoms with Crippen LogP contribution in [0, 0.1) is 0 Å². The predicted octanol–water partition coefficient (Wildman–Crippen LogP) is 5.52. The van der Waals surface area contributed by atoms with Crippen molar-refractivity contribution in [2.24, 2.45) is 0 Å². The lowest BCUT2D eigenvalue weighted by Crippen LogP contribution is -2.35. The third kappa shape index (κ3) is 9.82. The summed E-state index contributed by atoms with van der Waals surface area (Å²) in [6, 6.07) is 7.34. The molecule has 0 aliphatic heterocycles. The molecule has 0 fully saturated rings. The molecule has 0 aliphatic carbocycles. The number of nitrogens with zero attached hydrogens (tertiary/aromatic N) is 3. The second-order valence-corrected chi connectivity index (χ2v) is 11.5. The minimum atomic E-state index is -3.68. The van der Waals surface area contributed by atoms with E-state index in [0.29, 0.717) is 17.6 Å². The number of rotatable bonds is 16. The molecule has 1 aromatic heterocycles. The number of carbonyl (C=O) groups excluding carboxylic acids is 1. The number of nitrogens with one attached hydrogen (secondary N) is 1. The number of methoxy groups -OCH3 is 1. The van der Waals surface area contributed by atoms with E-state index in [1.54, 1.807) is 20.8 Å². The topological polar surface area (TPSA) is 93.2 Å². The molecule has 0 amide bonds. The van der Waals surface area contributed by atoms with Crippen LogP contribution in [0.1, 0.15) is 47.5 Å². The number of benzene rings is 1. The second kappa shape index (κ2) is 15.0. The summed E-state index contributed by atoms with van der Waals surface area (Å²) in [7, 11) is -0.289. The summed E-state index contributed by atoms with van der Waals surface area (Å²) in [5.74, 6) is -0.533. The fraction of sp³-hybridized carbons (Fsp3) is 0.615. The van der Waals surface area contributed by atoms with Crippen LogP contribution in [0.4, 0.5) is 5.69 Å². The summed E-state index contributed by atoms with van der Waals surface area (Å²) in [4.78, 5) is 20.7. The highest BCUT2D eigenvalue weighted by Crippen LogP contribution is 2.45. The fourth-order valence-electron chi connectivity index (χ4n) is 4.02. The zero-order valence-corrected chi connectivity index (χ0v) is 24.7. The Kier molecular flexibility index (Phi) is 12.8. The first-order chi connectivity index (χ1) is 17.5. The molecule has 208 valence electrons. The highest BCUT2D eigenvalue weighted by Gasteiger charge is 2.31. The monoisotopic (exact) mass is 556 g/mol. The number of pyridine rings is 1. The Morgan fingerprint density at radius 1 is 1.19 bits per heavy atom. The van der Waals surface area contributed by atoms with Crippen molar-refractivity contribution in [3.05, 3.63) is 35.5 Å². The van der Waals surface area contributed by atoms with Gasteiger partial charge in [-0.3, -0.25) is 18.8 Å². The molecule has 0 radical (unpaired) electrons. The van der Waals surface area contributed by atoms with Gasteiger partial charge in [0, 0.05) is 41.9 Å². The first-order valence-electron chi connectivity index (χ1n) is 12.8. The number of ether oxygens (including phenoxy) is 1. The van der Waals surface area contributed by atoms with Crippen molar-refractivity contribution in [2.75, 3.05) is 45.3 Å². The first kappa shape index (κ1) is 31.5. The van der Waals surface area contributed by atoms with E-state index >= 15 is 0 Å². The van der Waals surface area contributed by atoms with Crippen molar-refractivity contribution in [2.45, 2.75) is 65.6 Å². The molecule has 0 saturated heterocycles. The van der Waals surface area contributed by atoms with Gasteiger partial charge < -0.3 is 14.5 Å². The molecule has 2 aromatic rings. The quantitative estimate of drug-likeness (QED) is 0.212. The highest BCUT2D eigenvalue weighted by atomic mass is 35.5. The van der Waals surface area contributed by atoms with Crippen LogP contribution < -0.4 is 9.99 Å². The maximum absolute atomic E-state index is 13.1. The van der Waals surface area contributed by atoms with E-state index < -0.39 is 19.8 Å². The summed E-state index contributed by atoms with van der Waals surface area (Å²) >= 11 is 6.14. The molecule has 0 saturated carbocycles. The second-order valence-electron chi connectivity index (χ2n) is 9.39. The Hall–Kier alpha value is -1.74. The molecule has 1 aromatic carbocycles. The van der Waals surface area contributed by atoms with Crippen LogP contribution in [-0.4, -0.2) is 74.4 Å². The Morgan fingerprint density at radius 2 is 1.92 bits per heavy atom. The van der Waals surface area contributed by atoms with Gasteiger partial charge >= 0.3 is 13.7 Å². The van der Waals surface area contributed by atoms with Gasteiger partial charge in [-0.1, -0.05) is 18.5 Å². The minimum Gasteiger partial charge on any atom is -0.468 e. The van der Waals surface area contributed by atoms with Gasteiger partial charge in [-0.2, -0.15) is 0 Å². The largest absolute Gasteiger partial charge is 0.468 e. The van der Waals surface area contributed by atoms with Crippen molar-refractivity contribution in [1.29, 1.82) is 0 Å². The number of halogens is 1. The zero-order chi connectivity index (χ0) is 27.6. The standard InChI is InChI=1S/C26H42ClN4O5P/c1-8-31(16-17-35-37(33,36-19(2)3)29-21(5)26(32)34-7)15-9-10-20(4)30(6)25-13-14-28-24-18-22(27)11-12-23(24)25/h11-14,18-21H,8-10,15-17H2,1-7H3,(H,29,33)/t20-,21+,37?/m1/s1. The fourth-order valence-corrected chi connectivity index (χ4v) is 5.83. The van der Waals surface area contributed by atoms with E-state index in [1.807, 2.05) is 30.5 Å². The minimum absolute atomic E-state index is 0.208. The number of likely N-dealkylation sites (N-methyl/N-ethyl adjacent to an activating group) is 1. The molecular formula is C26H42ClN4O5P. The van der Waals surface area contributed by atoms with E-state index in [2.05, 4.69) is 40.8 Å². The van der Waals surface area contributed by atoms with Crippen molar-refractivity contribution < 1.29 is 23.1 Å². The van der Waals surface area contributed by atoms with Gasteiger partial charge in [-0.25, -0.2) is 9.65 Å². The van der Waals surface area contributed by atoms with Gasteiger partial charge in [0.15, 0.2) is 0 Å². The van der Waals surface area contributed by atoms with Gasteiger partial charge in [-0.05, 0) is 77.9 Å². The molecule has 9 nitrogen and oxygen atoms in total. The average Bonchev–Trinajstić information content (AvgIpc) is 2.85. The van der Waals surface area contributed by atoms with Crippen LogP contribution in [0.15, 0.2) is 30.5 Å². The predicted molar refractivity (Wildman–Crippen MR) is 150 cm³/mol. The van der Waals surface area contributed by atoms with Gasteiger partial charge in [0.25, 0.3) is 0 Å². The van der Waals surface area contributed by atoms with Crippen LogP contribution in [0.3, 0.4) is 0 Å². The van der Waals surface area contributed by atoms with E-state index in [0.717, 1.165) is 42.5 Å². The highest BCUT2D eigenvalue weighted by molar-refractivity contribution is 7.51. The molecule has 3 atom stereocenters. The van der Waals surface area contributed by atoms with Crippen LogP contribution in [0.5, 0.6) is 0 Å². The van der Waals surface area contributed by atoms with Crippen molar-refractivity contribution in [3.63, 3.8) is 0 Å². The SMILES string of the molecule is CCN(CCC[C@@H](C)N(C)c1ccnc2cc(Cl)ccc12)CCOP(=O)(N[C@@H](C)C(=O)OC)OC(C)C. The van der Waals surface area contributed by atoms with E-state index in [9.17, 15) is 9.36 Å². The number of hydrogen-bond acceptors (Lipinski definition) is 8. The maximum Gasteiger partial charge on any atom is 0.406 e. The number of aromatic nitrogens is 1. The van der Waals surface area contributed by atoms with Crippen molar-refractivity contribution in [3.8, 4) is 0 Å². The molecular weight excluding hydrogens is 515 g/mol. The lowest BCUT2D eigenvalue weighted by Gasteiger charge is -2.29. The number of fused-ring (bicyclic) bond motifs is 1. The summed E-state index contributed by atoms with van der Waals surface area (Å²) < 4.78 is 29.0. The maximum atomic E-state index is 13.1. The van der Waals surface area contributed by atoms with Gasteiger partial charge in [-0.15, -0.1) is 0 Å². The molecule has 0 spiro atoms. The Labute approximate surface area is 226 Å². The van der Waals surface area contributed by atoms with Crippen LogP contribution in [-0.2, 0) is 23.1 Å². The molecule has 37 heavy (non-hydrogen) atoms. The van der Waals surface area contributed by atoms with E-state index in [-0.39, 0.29) is 12.7 Å². The number of esters is 1.